The quantitative estimate of drug-likeness (QED) is 0.252. The van der Waals surface area contributed by atoms with Gasteiger partial charge in [-0.1, -0.05) is 11.6 Å². The van der Waals surface area contributed by atoms with Crippen molar-refractivity contribution >= 4 is 41.0 Å². The number of hydrogen-bond donors (Lipinski definition) is 1. The molecule has 2 heterocycles. The minimum Gasteiger partial charge on any atom is -0.495 e. The van der Waals surface area contributed by atoms with E-state index in [1.165, 1.54) is 25.3 Å². The number of urea groups is 1. The van der Waals surface area contributed by atoms with Crippen LogP contribution in [0.5, 0.6) is 5.75 Å². The lowest BCUT2D eigenvalue weighted by molar-refractivity contribution is -0.384. The number of methoxy groups -OCH3 is 1. The van der Waals surface area contributed by atoms with Gasteiger partial charge >= 0.3 is 6.03 Å². The van der Waals surface area contributed by atoms with E-state index in [2.05, 4.69) is 5.32 Å². The first kappa shape index (κ1) is 22.1. The highest BCUT2D eigenvalue weighted by molar-refractivity contribution is 6.31. The van der Waals surface area contributed by atoms with Gasteiger partial charge in [0.05, 0.1) is 23.4 Å². The van der Waals surface area contributed by atoms with Crippen molar-refractivity contribution in [2.45, 2.75) is 13.8 Å². The van der Waals surface area contributed by atoms with Crippen LogP contribution in [0.4, 0.5) is 16.2 Å². The zero-order valence-corrected chi connectivity index (χ0v) is 18.7. The minimum absolute atomic E-state index is 0.0740. The Hall–Kier alpha value is -4.11. The summed E-state index contributed by atoms with van der Waals surface area (Å²) >= 11 is 5.90. The molecule has 0 radical (unpaired) electrons. The zero-order valence-electron chi connectivity index (χ0n) is 18.0. The fourth-order valence-electron chi connectivity index (χ4n) is 3.79. The first-order chi connectivity index (χ1) is 15.7. The highest BCUT2D eigenvalue weighted by atomic mass is 35.5. The van der Waals surface area contributed by atoms with Crippen LogP contribution in [0.2, 0.25) is 5.02 Å². The lowest BCUT2D eigenvalue weighted by Crippen LogP contribution is -2.30. The van der Waals surface area contributed by atoms with E-state index < -0.39 is 16.9 Å². The Bertz CT molecular complexity index is 1330. The minimum atomic E-state index is -0.567. The van der Waals surface area contributed by atoms with E-state index in [1.807, 2.05) is 19.9 Å². The summed E-state index contributed by atoms with van der Waals surface area (Å²) in [6.07, 6.45) is 1.58. The smallest absolute Gasteiger partial charge is 0.333 e. The molecule has 10 heteroatoms. The fraction of sp³-hybridized carbons (Fsp3) is 0.130. The largest absolute Gasteiger partial charge is 0.495 e. The van der Waals surface area contributed by atoms with Gasteiger partial charge < -0.3 is 14.6 Å². The number of amides is 3. The van der Waals surface area contributed by atoms with Crippen LogP contribution >= 0.6 is 11.6 Å². The molecule has 3 amide bonds. The predicted octanol–water partition coefficient (Wildman–Crippen LogP) is 4.76. The van der Waals surface area contributed by atoms with E-state index in [4.69, 9.17) is 16.3 Å². The van der Waals surface area contributed by atoms with Crippen molar-refractivity contribution in [1.82, 2.24) is 9.88 Å². The Morgan fingerprint density at radius 3 is 2.42 bits per heavy atom. The van der Waals surface area contributed by atoms with E-state index in [0.717, 1.165) is 10.6 Å². The lowest BCUT2D eigenvalue weighted by atomic mass is 10.2. The zero-order chi connectivity index (χ0) is 23.9. The number of aryl methyl sites for hydroxylation is 1. The van der Waals surface area contributed by atoms with Gasteiger partial charge in [0.2, 0.25) is 0 Å². The van der Waals surface area contributed by atoms with Crippen LogP contribution in [-0.2, 0) is 4.79 Å². The number of anilines is 1. The predicted molar refractivity (Wildman–Crippen MR) is 124 cm³/mol. The van der Waals surface area contributed by atoms with Crippen molar-refractivity contribution in [3.63, 3.8) is 0 Å². The molecule has 4 rings (SSSR count). The first-order valence-corrected chi connectivity index (χ1v) is 10.2. The summed E-state index contributed by atoms with van der Waals surface area (Å²) in [6.45, 7) is 3.65. The Kier molecular flexibility index (Phi) is 5.65. The summed E-state index contributed by atoms with van der Waals surface area (Å²) in [6, 6.07) is 12.0. The Morgan fingerprint density at radius 1 is 1.09 bits per heavy atom. The second kappa shape index (κ2) is 8.44. The van der Waals surface area contributed by atoms with Crippen molar-refractivity contribution in [1.29, 1.82) is 0 Å². The van der Waals surface area contributed by atoms with Crippen molar-refractivity contribution in [2.24, 2.45) is 0 Å². The van der Waals surface area contributed by atoms with Crippen molar-refractivity contribution in [2.75, 3.05) is 12.0 Å². The van der Waals surface area contributed by atoms with Gasteiger partial charge in [-0.2, -0.15) is 0 Å². The lowest BCUT2D eigenvalue weighted by Gasteiger charge is -2.14. The number of nitrogens with zero attached hydrogens (tertiary/aromatic N) is 3. The number of nitro benzene ring substituents is 1. The summed E-state index contributed by atoms with van der Waals surface area (Å²) < 4.78 is 7.21. The third-order valence-corrected chi connectivity index (χ3v) is 5.60. The average Bonchev–Trinajstić information content (AvgIpc) is 3.22. The number of nitrogens with one attached hydrogen (secondary N) is 1. The topological polar surface area (TPSA) is 107 Å². The normalized spacial score (nSPS) is 14.7. The Labute approximate surface area is 194 Å². The van der Waals surface area contributed by atoms with Crippen LogP contribution in [0, 0.1) is 24.0 Å². The molecule has 0 saturated carbocycles. The van der Waals surface area contributed by atoms with Gasteiger partial charge in [0, 0.05) is 28.5 Å². The second-order valence-corrected chi connectivity index (χ2v) is 7.82. The number of aromatic nitrogens is 1. The van der Waals surface area contributed by atoms with Crippen LogP contribution in [0.25, 0.3) is 11.8 Å². The van der Waals surface area contributed by atoms with Gasteiger partial charge in [0.1, 0.15) is 11.4 Å². The molecule has 1 aliphatic heterocycles. The van der Waals surface area contributed by atoms with Gasteiger partial charge in [-0.25, -0.2) is 9.69 Å². The van der Waals surface area contributed by atoms with Gasteiger partial charge in [-0.15, -0.1) is 0 Å². The standard InChI is InChI=1S/C23H19ClN4O5/c1-13-10-15(14(2)26(13)20-12-18(28(31)32)8-9-21(20)33-3)11-19-22(29)27(23(30)25-19)17-6-4-16(24)5-7-17/h4-12H,1-3H3,(H,25,30)/b19-11+. The molecule has 33 heavy (non-hydrogen) atoms. The maximum Gasteiger partial charge on any atom is 0.333 e. The van der Waals surface area contributed by atoms with Gasteiger partial charge in [0.15, 0.2) is 0 Å². The summed E-state index contributed by atoms with van der Waals surface area (Å²) in [5.41, 5.74) is 3.09. The summed E-state index contributed by atoms with van der Waals surface area (Å²) in [5, 5.41) is 14.4. The van der Waals surface area contributed by atoms with Crippen LogP contribution in [0.1, 0.15) is 17.0 Å². The Balaban J connectivity index is 1.75. The first-order valence-electron chi connectivity index (χ1n) is 9.85. The number of carbonyl (C=O) groups is 2. The maximum atomic E-state index is 12.9. The third-order valence-electron chi connectivity index (χ3n) is 5.35. The van der Waals surface area contributed by atoms with Crippen LogP contribution in [-0.4, -0.2) is 28.5 Å². The molecule has 1 aliphatic rings. The molecular weight excluding hydrogens is 448 g/mol. The number of nitro groups is 1. The van der Waals surface area contributed by atoms with E-state index in [9.17, 15) is 19.7 Å². The number of carbonyl (C=O) groups excluding carboxylic acids is 2. The molecule has 0 unspecified atom stereocenters. The third kappa shape index (κ3) is 3.94. The van der Waals surface area contributed by atoms with E-state index in [-0.39, 0.29) is 11.4 Å². The molecule has 0 atom stereocenters. The molecule has 1 fully saturated rings. The molecule has 0 bridgehead atoms. The molecule has 0 spiro atoms. The molecule has 168 valence electrons. The number of halogens is 1. The maximum absolute atomic E-state index is 12.9. The summed E-state index contributed by atoms with van der Waals surface area (Å²) in [5.74, 6) is -0.0409. The summed E-state index contributed by atoms with van der Waals surface area (Å²) in [4.78, 5) is 37.2. The molecule has 0 aliphatic carbocycles. The number of hydrogen-bond acceptors (Lipinski definition) is 5. The Morgan fingerprint density at radius 2 is 1.79 bits per heavy atom. The number of ether oxygens (including phenoxy) is 1. The summed E-state index contributed by atoms with van der Waals surface area (Å²) in [7, 11) is 1.49. The average molecular weight is 467 g/mol. The highest BCUT2D eigenvalue weighted by Crippen LogP contribution is 2.32. The number of rotatable bonds is 5. The SMILES string of the molecule is COc1ccc([N+](=O)[O-])cc1-n1c(C)cc(/C=C2/NC(=O)N(c3ccc(Cl)cc3)C2=O)c1C. The van der Waals surface area contributed by atoms with Crippen molar-refractivity contribution in [3.05, 3.63) is 86.3 Å². The van der Waals surface area contributed by atoms with Gasteiger partial charge in [0.25, 0.3) is 11.6 Å². The molecule has 1 saturated heterocycles. The monoisotopic (exact) mass is 466 g/mol. The number of imide groups is 1. The van der Waals surface area contributed by atoms with Gasteiger partial charge in [-0.05, 0) is 61.9 Å². The van der Waals surface area contributed by atoms with E-state index in [0.29, 0.717) is 33.4 Å². The van der Waals surface area contributed by atoms with Crippen LogP contribution in [0.3, 0.4) is 0 Å². The number of benzene rings is 2. The molecule has 1 aromatic heterocycles. The van der Waals surface area contributed by atoms with Crippen molar-refractivity contribution in [3.8, 4) is 11.4 Å². The number of non-ortho nitro benzene ring substituents is 1. The van der Waals surface area contributed by atoms with E-state index in [1.54, 1.807) is 34.9 Å². The molecule has 1 N–H and O–H groups in total. The fourth-order valence-corrected chi connectivity index (χ4v) is 3.91. The molecular formula is C23H19ClN4O5. The second-order valence-electron chi connectivity index (χ2n) is 7.38. The van der Waals surface area contributed by atoms with Crippen LogP contribution in [0.15, 0.2) is 54.2 Å². The van der Waals surface area contributed by atoms with Gasteiger partial charge in [-0.3, -0.25) is 14.9 Å². The van der Waals surface area contributed by atoms with E-state index >= 15 is 0 Å². The molecule has 9 nitrogen and oxygen atoms in total. The highest BCUT2D eigenvalue weighted by Gasteiger charge is 2.35. The van der Waals surface area contributed by atoms with Crippen molar-refractivity contribution < 1.29 is 19.2 Å². The molecule has 3 aromatic rings. The molecule has 2 aromatic carbocycles. The van der Waals surface area contributed by atoms with Crippen LogP contribution < -0.4 is 15.0 Å².